The number of hydrogen-bond acceptors (Lipinski definition) is 5. The molecule has 0 amide bonds. The molecule has 0 unspecified atom stereocenters. The fraction of sp³-hybridized carbons (Fsp3) is 0. The van der Waals surface area contributed by atoms with E-state index < -0.39 is 17.4 Å². The Bertz CT molecular complexity index is 267. The molecular weight excluding hydrogens is 217 g/mol. The molecule has 0 aliphatic heterocycles. The molecule has 1 aromatic rings. The fourth-order valence-corrected chi connectivity index (χ4v) is 0.544. The molecular formula is C6H4NO5V-5. The van der Waals surface area contributed by atoms with E-state index in [9.17, 15) is 15.0 Å². The molecule has 1 rings (SSSR count). The third-order valence-corrected chi connectivity index (χ3v) is 0.964. The summed E-state index contributed by atoms with van der Waals surface area (Å²) in [5.41, 5.74) is -0.539. The smallest absolute Gasteiger partial charge is 0.0893 e. The van der Waals surface area contributed by atoms with Crippen LogP contribution in [0.1, 0.15) is 10.5 Å². The van der Waals surface area contributed by atoms with Crippen molar-refractivity contribution >= 4 is 5.97 Å². The van der Waals surface area contributed by atoms with Crippen LogP contribution in [0.2, 0.25) is 0 Å². The van der Waals surface area contributed by atoms with Gasteiger partial charge in [0.2, 0.25) is 0 Å². The van der Waals surface area contributed by atoms with E-state index in [1.54, 1.807) is 0 Å². The zero-order chi connectivity index (χ0) is 7.56. The number of aromatic carboxylic acids is 1. The van der Waals surface area contributed by atoms with Crippen LogP contribution in [0, 0.1) is 0 Å². The molecule has 7 heteroatoms. The van der Waals surface area contributed by atoms with Crippen molar-refractivity contribution in [1.82, 2.24) is 4.98 Å². The maximum absolute atomic E-state index is 10.6. The van der Waals surface area contributed by atoms with Gasteiger partial charge in [0, 0.05) is 24.8 Å². The van der Waals surface area contributed by atoms with Gasteiger partial charge >= 0.3 is 0 Å². The predicted octanol–water partition coefficient (Wildman–Crippen LogP) is -1.78. The van der Waals surface area contributed by atoms with E-state index in [4.69, 9.17) is 0 Å². The Morgan fingerprint density at radius 2 is 2.00 bits per heavy atom. The SMILES string of the molecule is O=C([O-])c1ncccc1[O-].[O-2].[OH-].[V]. The van der Waals surface area contributed by atoms with Gasteiger partial charge in [0.05, 0.1) is 11.7 Å². The van der Waals surface area contributed by atoms with Crippen LogP contribution in [-0.4, -0.2) is 16.4 Å². The quantitative estimate of drug-likeness (QED) is 0.552. The summed E-state index contributed by atoms with van der Waals surface area (Å²) in [6, 6.07) is 2.49. The van der Waals surface area contributed by atoms with Crippen LogP contribution in [0.3, 0.4) is 0 Å². The Kier molecular flexibility index (Phi) is 10.4. The normalized spacial score (nSPS) is 7.08. The van der Waals surface area contributed by atoms with Crippen LogP contribution in [0.25, 0.3) is 0 Å². The van der Waals surface area contributed by atoms with Gasteiger partial charge in [-0.3, -0.25) is 4.98 Å². The predicted molar refractivity (Wildman–Crippen MR) is 30.6 cm³/mol. The fourth-order valence-electron chi connectivity index (χ4n) is 0.544. The van der Waals surface area contributed by atoms with Crippen LogP contribution >= 0.6 is 0 Å². The molecule has 1 radical (unpaired) electrons. The van der Waals surface area contributed by atoms with Crippen LogP contribution < -0.4 is 10.2 Å². The standard InChI is InChI=1S/C6H5NO3.H2O.O.V/c8-4-2-1-3-7-5(4)6(9)10;;;/h1-3,8H,(H,9,10);1H2;;/q;;-2;/p-3. The van der Waals surface area contributed by atoms with E-state index in [0.717, 1.165) is 6.07 Å². The minimum atomic E-state index is -1.54. The number of hydrogen-bond donors (Lipinski definition) is 0. The topological polar surface area (TPSA) is 135 Å². The zero-order valence-electron chi connectivity index (χ0n) is 6.21. The van der Waals surface area contributed by atoms with E-state index >= 15 is 0 Å². The minimum Gasteiger partial charge on any atom is -2.00 e. The van der Waals surface area contributed by atoms with Crippen LogP contribution in [0.4, 0.5) is 0 Å². The van der Waals surface area contributed by atoms with Crippen molar-refractivity contribution in [2.24, 2.45) is 0 Å². The molecule has 1 heterocycles. The van der Waals surface area contributed by atoms with Crippen molar-refractivity contribution in [1.29, 1.82) is 0 Å². The summed E-state index contributed by atoms with van der Waals surface area (Å²) in [6.07, 6.45) is 1.23. The summed E-state index contributed by atoms with van der Waals surface area (Å²) < 4.78 is 0. The Labute approximate surface area is 85.7 Å². The molecule has 0 fully saturated rings. The summed E-state index contributed by atoms with van der Waals surface area (Å²) in [5, 5.41) is 20.6. The van der Waals surface area contributed by atoms with Crippen molar-refractivity contribution in [2.45, 2.75) is 0 Å². The molecule has 0 saturated carbocycles. The van der Waals surface area contributed by atoms with E-state index in [1.807, 2.05) is 0 Å². The molecule has 0 aliphatic rings. The Morgan fingerprint density at radius 3 is 2.31 bits per heavy atom. The summed E-state index contributed by atoms with van der Waals surface area (Å²) in [7, 11) is 0. The number of pyridine rings is 1. The summed E-state index contributed by atoms with van der Waals surface area (Å²) >= 11 is 0. The van der Waals surface area contributed by atoms with Crippen molar-refractivity contribution in [3.63, 3.8) is 0 Å². The Morgan fingerprint density at radius 1 is 1.46 bits per heavy atom. The first-order valence-corrected chi connectivity index (χ1v) is 2.55. The van der Waals surface area contributed by atoms with E-state index in [0.29, 0.717) is 0 Å². The van der Waals surface area contributed by atoms with Crippen molar-refractivity contribution in [2.75, 3.05) is 0 Å². The number of carbonyl (C=O) groups is 1. The van der Waals surface area contributed by atoms with Gasteiger partial charge in [0.25, 0.3) is 0 Å². The second kappa shape index (κ2) is 7.57. The molecule has 6 nitrogen and oxygen atoms in total. The van der Waals surface area contributed by atoms with Gasteiger partial charge in [-0.15, -0.1) is 0 Å². The molecule has 1 N–H and O–H groups in total. The molecule has 0 spiro atoms. The number of nitrogens with zero attached hydrogens (tertiary/aromatic N) is 1. The first-order chi connectivity index (χ1) is 4.72. The largest absolute Gasteiger partial charge is 2.00 e. The minimum absolute atomic E-state index is 0. The van der Waals surface area contributed by atoms with Crippen molar-refractivity contribution in [3.8, 4) is 5.75 Å². The van der Waals surface area contributed by atoms with E-state index in [1.165, 1.54) is 12.3 Å². The average Bonchev–Trinajstić information content (AvgIpc) is 1.88. The number of carbonyl (C=O) groups excluding carboxylic acids is 1. The molecule has 73 valence electrons. The third kappa shape index (κ3) is 4.49. The second-order valence-corrected chi connectivity index (χ2v) is 1.64. The van der Waals surface area contributed by atoms with Gasteiger partial charge in [-0.05, 0) is 6.07 Å². The maximum atomic E-state index is 10.6. The average molecular weight is 221 g/mol. The number of carboxylic acid groups (broad SMARTS) is 1. The maximum Gasteiger partial charge on any atom is 0.0893 e. The molecule has 0 aromatic carbocycles. The van der Waals surface area contributed by atoms with Crippen LogP contribution in [-0.2, 0) is 24.0 Å². The Balaban J connectivity index is -0.000000333. The van der Waals surface area contributed by atoms with Crippen LogP contribution in [0.15, 0.2) is 18.3 Å². The van der Waals surface area contributed by atoms with Gasteiger partial charge in [-0.25, -0.2) is 0 Å². The number of rotatable bonds is 1. The molecule has 0 aliphatic carbocycles. The molecule has 0 atom stereocenters. The first kappa shape index (κ1) is 17.9. The third-order valence-electron chi connectivity index (χ3n) is 0.964. The number of carboxylic acids is 1. The van der Waals surface area contributed by atoms with Gasteiger partial charge in [-0.1, -0.05) is 11.8 Å². The van der Waals surface area contributed by atoms with Crippen molar-refractivity contribution < 1.29 is 44.5 Å². The molecule has 0 bridgehead atoms. The summed E-state index contributed by atoms with van der Waals surface area (Å²) in [6.45, 7) is 0. The van der Waals surface area contributed by atoms with E-state index in [2.05, 4.69) is 4.98 Å². The summed E-state index contributed by atoms with van der Waals surface area (Å²) in [4.78, 5) is 13.4. The van der Waals surface area contributed by atoms with Crippen molar-refractivity contribution in [3.05, 3.63) is 24.0 Å². The van der Waals surface area contributed by atoms with Gasteiger partial charge in [-0.2, -0.15) is 0 Å². The monoisotopic (exact) mass is 221 g/mol. The molecule has 0 saturated heterocycles. The van der Waals surface area contributed by atoms with Gasteiger partial charge in [0.15, 0.2) is 0 Å². The molecule has 13 heavy (non-hydrogen) atoms. The second-order valence-electron chi connectivity index (χ2n) is 1.64. The van der Waals surface area contributed by atoms with Crippen LogP contribution in [0.5, 0.6) is 5.75 Å². The zero-order valence-corrected chi connectivity index (χ0v) is 7.60. The number of aromatic nitrogens is 1. The summed E-state index contributed by atoms with van der Waals surface area (Å²) in [5.74, 6) is -2.16. The first-order valence-electron chi connectivity index (χ1n) is 2.55. The molecule has 1 aromatic heterocycles. The van der Waals surface area contributed by atoms with Gasteiger partial charge < -0.3 is 26.0 Å². The van der Waals surface area contributed by atoms with E-state index in [-0.39, 0.29) is 29.5 Å². The Hall–Kier alpha value is -1.08. The van der Waals surface area contributed by atoms with Gasteiger partial charge in [0.1, 0.15) is 0 Å².